The van der Waals surface area contributed by atoms with Crippen molar-refractivity contribution in [2.45, 2.75) is 77.2 Å². The largest absolute Gasteiger partial charge is 0.393 e. The first kappa shape index (κ1) is 37.9. The summed E-state index contributed by atoms with van der Waals surface area (Å²) < 4.78 is 2.14. The molecule has 8 N–H and O–H groups in total. The van der Waals surface area contributed by atoms with Gasteiger partial charge in [0.1, 0.15) is 17.2 Å². The number of benzene rings is 1. The highest BCUT2D eigenvalue weighted by atomic mass is 16.2. The van der Waals surface area contributed by atoms with Crippen LogP contribution in [-0.4, -0.2) is 94.6 Å². The van der Waals surface area contributed by atoms with Gasteiger partial charge in [0.05, 0.1) is 47.2 Å². The third kappa shape index (κ3) is 8.32. The van der Waals surface area contributed by atoms with Crippen molar-refractivity contribution in [1.29, 1.82) is 0 Å². The van der Waals surface area contributed by atoms with Crippen LogP contribution in [-0.2, 0) is 22.7 Å². The zero-order chi connectivity index (χ0) is 38.8. The third-order valence-electron chi connectivity index (χ3n) is 10.8. The molecule has 1 aromatic carbocycles. The fraction of sp³-hybridized carbons (Fsp3) is 0.475. The molecule has 5 heterocycles. The van der Waals surface area contributed by atoms with Gasteiger partial charge < -0.3 is 42.5 Å². The smallest absolute Gasteiger partial charge is 0.272 e. The molecular weight excluding hydrogens is 697 g/mol. The number of rotatable bonds is 12. The summed E-state index contributed by atoms with van der Waals surface area (Å²) in [7, 11) is 3.97. The molecule has 3 amide bonds. The van der Waals surface area contributed by atoms with E-state index in [1.807, 2.05) is 69.4 Å². The first-order valence-corrected chi connectivity index (χ1v) is 19.6. The Balaban J connectivity index is 0.00000229. The van der Waals surface area contributed by atoms with Gasteiger partial charge in [-0.2, -0.15) is 5.10 Å². The van der Waals surface area contributed by atoms with Crippen molar-refractivity contribution >= 4 is 29.1 Å². The molecule has 55 heavy (non-hydrogen) atoms. The molecule has 2 saturated heterocycles. The highest BCUT2D eigenvalue weighted by Crippen LogP contribution is 2.44. The molecule has 0 unspecified atom stereocenters. The second-order valence-electron chi connectivity index (χ2n) is 15.0. The summed E-state index contributed by atoms with van der Waals surface area (Å²) in [5.74, 6) is -0.433. The van der Waals surface area contributed by atoms with Crippen LogP contribution in [0.5, 0.6) is 0 Å². The monoisotopic (exact) mass is 750 g/mol. The Hall–Kier alpha value is -5.41. The van der Waals surface area contributed by atoms with Gasteiger partial charge in [-0.3, -0.25) is 24.0 Å². The van der Waals surface area contributed by atoms with Crippen LogP contribution in [0, 0.1) is 5.92 Å². The van der Waals surface area contributed by atoms with Crippen LogP contribution >= 0.6 is 0 Å². The summed E-state index contributed by atoms with van der Waals surface area (Å²) in [6, 6.07) is 12.4. The summed E-state index contributed by atoms with van der Waals surface area (Å²) in [6.45, 7) is 8.39. The normalized spacial score (nSPS) is 20.0. The molecule has 3 aromatic rings. The molecule has 292 valence electrons. The Morgan fingerprint density at radius 1 is 0.945 bits per heavy atom. The van der Waals surface area contributed by atoms with E-state index in [1.54, 1.807) is 0 Å². The summed E-state index contributed by atoms with van der Waals surface area (Å²) in [5, 5.41) is 17.2. The van der Waals surface area contributed by atoms with Gasteiger partial charge in [-0.05, 0) is 57.4 Å². The predicted octanol–water partition coefficient (Wildman–Crippen LogP) is 2.60. The molecule has 0 spiro atoms. The van der Waals surface area contributed by atoms with Crippen LogP contribution < -0.4 is 37.6 Å². The van der Waals surface area contributed by atoms with E-state index in [9.17, 15) is 14.4 Å². The number of amides is 3. The number of allylic oxidation sites excluding steroid dienone is 1. The number of hydrogen-bond acceptors (Lipinski definition) is 11. The SMILES string of the molecule is CC.CN[C@H]1CCN(C(=O)c2cccc(CN3CC(n4ncc5c4CN(C)c4c(NC(/C=C(\N)NC(=O)C6CC6)=C(/N)C(=O)NC6CC6)cccc4-5)C3)n2)C1. The minimum Gasteiger partial charge on any atom is -0.393 e. The Bertz CT molecular complexity index is 1990. The Labute approximate surface area is 322 Å². The van der Waals surface area contributed by atoms with E-state index in [4.69, 9.17) is 21.5 Å². The molecule has 2 aliphatic carbocycles. The molecule has 2 aromatic heterocycles. The summed E-state index contributed by atoms with van der Waals surface area (Å²) in [4.78, 5) is 49.7. The van der Waals surface area contributed by atoms with Crippen molar-refractivity contribution in [1.82, 2.24) is 40.5 Å². The van der Waals surface area contributed by atoms with Crippen molar-refractivity contribution in [3.63, 3.8) is 0 Å². The zero-order valence-electron chi connectivity index (χ0n) is 32.3. The maximum atomic E-state index is 13.1. The highest BCUT2D eigenvalue weighted by Gasteiger charge is 2.35. The molecule has 4 fully saturated rings. The molecule has 15 heteroatoms. The van der Waals surface area contributed by atoms with Crippen molar-refractivity contribution in [2.75, 3.05) is 50.5 Å². The number of likely N-dealkylation sites (N-methyl/N-ethyl adjacent to an activating group) is 1. The predicted molar refractivity (Wildman–Crippen MR) is 212 cm³/mol. The summed E-state index contributed by atoms with van der Waals surface area (Å²) >= 11 is 0. The number of likely N-dealkylation sites (tertiary alicyclic amines) is 2. The number of carbonyl (C=O) groups is 3. The van der Waals surface area contributed by atoms with Gasteiger partial charge in [-0.15, -0.1) is 0 Å². The van der Waals surface area contributed by atoms with E-state index in [0.29, 0.717) is 37.1 Å². The van der Waals surface area contributed by atoms with Crippen LogP contribution in [0.3, 0.4) is 0 Å². The molecule has 1 atom stereocenters. The third-order valence-corrected chi connectivity index (χ3v) is 10.8. The Morgan fingerprint density at radius 2 is 1.71 bits per heavy atom. The van der Waals surface area contributed by atoms with Crippen LogP contribution in [0.2, 0.25) is 0 Å². The van der Waals surface area contributed by atoms with Gasteiger partial charge in [0, 0.05) is 75.0 Å². The van der Waals surface area contributed by atoms with Gasteiger partial charge in [-0.25, -0.2) is 4.98 Å². The lowest BCUT2D eigenvalue weighted by Crippen LogP contribution is -2.48. The number of nitrogens with two attached hydrogens (primary N) is 2. The molecule has 15 nitrogen and oxygen atoms in total. The highest BCUT2D eigenvalue weighted by molar-refractivity contribution is 5.96. The van der Waals surface area contributed by atoms with E-state index in [2.05, 4.69) is 41.8 Å². The number of nitrogens with one attached hydrogen (secondary N) is 4. The van der Waals surface area contributed by atoms with E-state index >= 15 is 0 Å². The van der Waals surface area contributed by atoms with Gasteiger partial charge in [-0.1, -0.05) is 32.0 Å². The second kappa shape index (κ2) is 16.1. The molecule has 3 aliphatic heterocycles. The van der Waals surface area contributed by atoms with Gasteiger partial charge in [0.15, 0.2) is 0 Å². The average Bonchev–Trinajstić information content (AvgIpc) is 4.11. The average molecular weight is 751 g/mol. The fourth-order valence-electron chi connectivity index (χ4n) is 7.47. The number of hydrogen-bond donors (Lipinski definition) is 6. The minimum absolute atomic E-state index is 0.00948. The quantitative estimate of drug-likeness (QED) is 0.118. The van der Waals surface area contributed by atoms with Crippen molar-refractivity contribution in [2.24, 2.45) is 17.4 Å². The standard InChI is InChI=1S/C38H48N12O3.C2H6/c1-41-24-13-14-49(18-24)38(53)30-8-3-5-25(43-30)17-48-19-26(20-48)50-32-21-47(2)35-27(28(32)16-42-50)6-4-7-29(35)45-31(34(40)37(52)44-23-11-12-23)15-33(39)46-36(51)22-9-10-22;1-2/h3-8,15-16,22-24,26,41,45H,9-14,17-21,39-40H2,1-2H3,(H,44,52)(H,46,51);1-2H3/b33-15+,34-31+;/t24-;/m0./s1. The first-order chi connectivity index (χ1) is 26.6. The van der Waals surface area contributed by atoms with Crippen LogP contribution in [0.4, 0.5) is 11.4 Å². The number of aromatic nitrogens is 3. The number of fused-ring (bicyclic) bond motifs is 3. The van der Waals surface area contributed by atoms with Crippen molar-refractivity contribution in [3.05, 3.63) is 83.0 Å². The van der Waals surface area contributed by atoms with E-state index in [-0.39, 0.29) is 47.2 Å². The summed E-state index contributed by atoms with van der Waals surface area (Å²) in [6.07, 6.45) is 7.95. The van der Waals surface area contributed by atoms with Crippen LogP contribution in [0.1, 0.15) is 73.9 Å². The molecular formula is C40H54N12O3. The van der Waals surface area contributed by atoms with Gasteiger partial charge in [0.25, 0.3) is 11.8 Å². The molecule has 8 rings (SSSR count). The number of para-hydroxylation sites is 1. The van der Waals surface area contributed by atoms with E-state index in [1.165, 1.54) is 6.08 Å². The topological polar surface area (TPSA) is 192 Å². The first-order valence-electron chi connectivity index (χ1n) is 19.6. The lowest BCUT2D eigenvalue weighted by atomic mass is 9.97. The fourth-order valence-corrected chi connectivity index (χ4v) is 7.47. The van der Waals surface area contributed by atoms with E-state index in [0.717, 1.165) is 85.6 Å². The zero-order valence-corrected chi connectivity index (χ0v) is 32.3. The number of carbonyl (C=O) groups excluding carboxylic acids is 3. The Kier molecular flexibility index (Phi) is 11.1. The van der Waals surface area contributed by atoms with Gasteiger partial charge >= 0.3 is 0 Å². The maximum Gasteiger partial charge on any atom is 0.272 e. The lowest BCUT2D eigenvalue weighted by Gasteiger charge is -2.40. The summed E-state index contributed by atoms with van der Waals surface area (Å²) in [5.41, 5.74) is 19.2. The lowest BCUT2D eigenvalue weighted by molar-refractivity contribution is -0.121. The van der Waals surface area contributed by atoms with Crippen LogP contribution in [0.25, 0.3) is 11.1 Å². The number of nitrogens with zero attached hydrogens (tertiary/aromatic N) is 6. The molecule has 0 bridgehead atoms. The molecule has 2 saturated carbocycles. The maximum absolute atomic E-state index is 13.1. The van der Waals surface area contributed by atoms with Crippen LogP contribution in [0.15, 0.2) is 65.9 Å². The number of anilines is 2. The van der Waals surface area contributed by atoms with E-state index < -0.39 is 0 Å². The van der Waals surface area contributed by atoms with Gasteiger partial charge in [0.2, 0.25) is 5.91 Å². The minimum atomic E-state index is -0.384. The van der Waals surface area contributed by atoms with Crippen molar-refractivity contribution in [3.8, 4) is 11.1 Å². The van der Waals surface area contributed by atoms with Crippen molar-refractivity contribution < 1.29 is 14.4 Å². The second-order valence-corrected chi connectivity index (χ2v) is 15.0. The Morgan fingerprint density at radius 3 is 2.42 bits per heavy atom. The molecule has 5 aliphatic rings. The number of pyridine rings is 1. The molecule has 0 radical (unpaired) electrons.